The predicted molar refractivity (Wildman–Crippen MR) is 75.6 cm³/mol. The van der Waals surface area contributed by atoms with E-state index >= 15 is 0 Å². The third-order valence-electron chi connectivity index (χ3n) is 2.36. The standard InChI is InChI=1S/C13H12ClN5/c1-2-17-12-7-16-8-13(19-12)18-11-5-10(14)4-3-9(11)6-15/h3-5,7-8H,2H2,1H3,(H2,17,18,19). The second kappa shape index (κ2) is 6.03. The van der Waals surface area contributed by atoms with E-state index in [1.807, 2.05) is 6.92 Å². The molecule has 2 rings (SSSR count). The number of aromatic nitrogens is 2. The topological polar surface area (TPSA) is 73.6 Å². The molecule has 1 aromatic heterocycles. The number of nitriles is 1. The number of hydrogen-bond acceptors (Lipinski definition) is 5. The summed E-state index contributed by atoms with van der Waals surface area (Å²) >= 11 is 5.92. The molecule has 5 nitrogen and oxygen atoms in total. The quantitative estimate of drug-likeness (QED) is 0.895. The van der Waals surface area contributed by atoms with Crippen molar-refractivity contribution in [2.45, 2.75) is 6.92 Å². The Morgan fingerprint density at radius 3 is 2.84 bits per heavy atom. The normalized spacial score (nSPS) is 9.74. The molecule has 0 unspecified atom stereocenters. The number of anilines is 3. The molecule has 0 atom stereocenters. The van der Waals surface area contributed by atoms with Gasteiger partial charge in [0.05, 0.1) is 23.6 Å². The minimum absolute atomic E-state index is 0.500. The summed E-state index contributed by atoms with van der Waals surface area (Å²) in [6.45, 7) is 2.74. The van der Waals surface area contributed by atoms with E-state index in [-0.39, 0.29) is 0 Å². The van der Waals surface area contributed by atoms with Crippen LogP contribution in [-0.4, -0.2) is 16.5 Å². The average Bonchev–Trinajstić information content (AvgIpc) is 2.40. The van der Waals surface area contributed by atoms with Gasteiger partial charge in [-0.1, -0.05) is 11.6 Å². The van der Waals surface area contributed by atoms with Crippen molar-refractivity contribution in [3.8, 4) is 6.07 Å². The van der Waals surface area contributed by atoms with Gasteiger partial charge in [0, 0.05) is 11.6 Å². The fraction of sp³-hybridized carbons (Fsp3) is 0.154. The zero-order valence-electron chi connectivity index (χ0n) is 10.3. The summed E-state index contributed by atoms with van der Waals surface area (Å²) in [6, 6.07) is 7.11. The Bertz CT molecular complexity index is 621. The van der Waals surface area contributed by atoms with Gasteiger partial charge < -0.3 is 10.6 Å². The Morgan fingerprint density at radius 2 is 2.11 bits per heavy atom. The summed E-state index contributed by atoms with van der Waals surface area (Å²) in [5, 5.41) is 15.7. The number of benzene rings is 1. The molecule has 2 aromatic rings. The first kappa shape index (κ1) is 13.1. The monoisotopic (exact) mass is 273 g/mol. The molecule has 2 N–H and O–H groups in total. The van der Waals surface area contributed by atoms with E-state index < -0.39 is 0 Å². The molecule has 0 saturated heterocycles. The highest BCUT2D eigenvalue weighted by atomic mass is 35.5. The highest BCUT2D eigenvalue weighted by molar-refractivity contribution is 6.30. The zero-order valence-corrected chi connectivity index (χ0v) is 11.1. The second-order valence-electron chi connectivity index (χ2n) is 3.75. The minimum Gasteiger partial charge on any atom is -0.369 e. The Morgan fingerprint density at radius 1 is 1.32 bits per heavy atom. The molecule has 96 valence electrons. The molecule has 0 bridgehead atoms. The molecule has 0 radical (unpaired) electrons. The molecule has 0 aliphatic heterocycles. The van der Waals surface area contributed by atoms with Crippen LogP contribution < -0.4 is 10.6 Å². The molecule has 0 fully saturated rings. The lowest BCUT2D eigenvalue weighted by Gasteiger charge is -2.09. The first-order chi connectivity index (χ1) is 9.22. The van der Waals surface area contributed by atoms with Crippen molar-refractivity contribution >= 4 is 28.9 Å². The molecular formula is C13H12ClN5. The van der Waals surface area contributed by atoms with E-state index in [4.69, 9.17) is 16.9 Å². The third-order valence-corrected chi connectivity index (χ3v) is 2.59. The summed E-state index contributed by atoms with van der Waals surface area (Å²) in [5.74, 6) is 1.23. The van der Waals surface area contributed by atoms with E-state index in [0.717, 1.165) is 6.54 Å². The van der Waals surface area contributed by atoms with Gasteiger partial charge in [-0.3, -0.25) is 4.98 Å². The number of nitrogens with zero attached hydrogens (tertiary/aromatic N) is 3. The van der Waals surface area contributed by atoms with Crippen LogP contribution in [0.25, 0.3) is 0 Å². The van der Waals surface area contributed by atoms with E-state index in [2.05, 4.69) is 26.7 Å². The summed E-state index contributed by atoms with van der Waals surface area (Å²) in [5.41, 5.74) is 1.11. The smallest absolute Gasteiger partial charge is 0.151 e. The lowest BCUT2D eigenvalue weighted by molar-refractivity contribution is 1.12. The van der Waals surface area contributed by atoms with Crippen LogP contribution in [0, 0.1) is 11.3 Å². The van der Waals surface area contributed by atoms with Gasteiger partial charge in [0.1, 0.15) is 11.9 Å². The van der Waals surface area contributed by atoms with Gasteiger partial charge in [0.25, 0.3) is 0 Å². The fourth-order valence-electron chi connectivity index (χ4n) is 1.55. The zero-order chi connectivity index (χ0) is 13.7. The average molecular weight is 274 g/mol. The van der Waals surface area contributed by atoms with E-state index in [9.17, 15) is 0 Å². The molecule has 0 aliphatic carbocycles. The predicted octanol–water partition coefficient (Wildman–Crippen LogP) is 3.18. The third kappa shape index (κ3) is 3.33. The van der Waals surface area contributed by atoms with Gasteiger partial charge >= 0.3 is 0 Å². The van der Waals surface area contributed by atoms with Crippen LogP contribution in [0.5, 0.6) is 0 Å². The number of nitrogens with one attached hydrogen (secondary N) is 2. The van der Waals surface area contributed by atoms with Gasteiger partial charge in [-0.15, -0.1) is 0 Å². The Labute approximate surface area is 116 Å². The Balaban J connectivity index is 2.28. The maximum Gasteiger partial charge on any atom is 0.151 e. The molecule has 1 aromatic carbocycles. The lowest BCUT2D eigenvalue weighted by atomic mass is 10.2. The van der Waals surface area contributed by atoms with Crippen molar-refractivity contribution in [1.29, 1.82) is 5.26 Å². The highest BCUT2D eigenvalue weighted by Gasteiger charge is 2.05. The van der Waals surface area contributed by atoms with E-state index in [1.165, 1.54) is 0 Å². The highest BCUT2D eigenvalue weighted by Crippen LogP contribution is 2.23. The number of hydrogen-bond donors (Lipinski definition) is 2. The van der Waals surface area contributed by atoms with Gasteiger partial charge in [-0.25, -0.2) is 4.98 Å². The summed E-state index contributed by atoms with van der Waals surface area (Å²) in [4.78, 5) is 8.40. The van der Waals surface area contributed by atoms with Crippen molar-refractivity contribution < 1.29 is 0 Å². The van der Waals surface area contributed by atoms with E-state index in [0.29, 0.717) is 27.9 Å². The van der Waals surface area contributed by atoms with Crippen molar-refractivity contribution in [3.05, 3.63) is 41.2 Å². The molecule has 1 heterocycles. The first-order valence-electron chi connectivity index (χ1n) is 5.75. The van der Waals surface area contributed by atoms with E-state index in [1.54, 1.807) is 30.6 Å². The summed E-state index contributed by atoms with van der Waals surface area (Å²) in [7, 11) is 0. The number of halogens is 1. The fourth-order valence-corrected chi connectivity index (χ4v) is 1.72. The molecule has 0 aliphatic rings. The van der Waals surface area contributed by atoms with Crippen LogP contribution in [0.2, 0.25) is 5.02 Å². The second-order valence-corrected chi connectivity index (χ2v) is 4.18. The van der Waals surface area contributed by atoms with Crippen LogP contribution in [0.15, 0.2) is 30.6 Å². The SMILES string of the molecule is CCNc1cncc(Nc2cc(Cl)ccc2C#N)n1. The maximum atomic E-state index is 9.04. The van der Waals surface area contributed by atoms with Crippen LogP contribution >= 0.6 is 11.6 Å². The van der Waals surface area contributed by atoms with Gasteiger partial charge in [-0.05, 0) is 25.1 Å². The number of rotatable bonds is 4. The first-order valence-corrected chi connectivity index (χ1v) is 6.13. The Kier molecular flexibility index (Phi) is 4.16. The molecule has 0 saturated carbocycles. The van der Waals surface area contributed by atoms with Gasteiger partial charge in [0.2, 0.25) is 0 Å². The largest absolute Gasteiger partial charge is 0.369 e. The van der Waals surface area contributed by atoms with Crippen LogP contribution in [-0.2, 0) is 0 Å². The lowest BCUT2D eigenvalue weighted by Crippen LogP contribution is -2.03. The molecule has 6 heteroatoms. The van der Waals surface area contributed by atoms with Crippen molar-refractivity contribution in [2.24, 2.45) is 0 Å². The molecule has 19 heavy (non-hydrogen) atoms. The van der Waals surface area contributed by atoms with Gasteiger partial charge in [0.15, 0.2) is 5.82 Å². The Hall–Kier alpha value is -2.32. The van der Waals surface area contributed by atoms with Crippen molar-refractivity contribution in [3.63, 3.8) is 0 Å². The van der Waals surface area contributed by atoms with Crippen LogP contribution in [0.3, 0.4) is 0 Å². The minimum atomic E-state index is 0.500. The molecular weight excluding hydrogens is 262 g/mol. The van der Waals surface area contributed by atoms with Crippen LogP contribution in [0.1, 0.15) is 12.5 Å². The van der Waals surface area contributed by atoms with Crippen molar-refractivity contribution in [1.82, 2.24) is 9.97 Å². The summed E-state index contributed by atoms with van der Waals surface area (Å²) in [6.07, 6.45) is 3.22. The van der Waals surface area contributed by atoms with Crippen molar-refractivity contribution in [2.75, 3.05) is 17.2 Å². The van der Waals surface area contributed by atoms with Gasteiger partial charge in [-0.2, -0.15) is 5.26 Å². The molecule has 0 spiro atoms. The molecule has 0 amide bonds. The maximum absolute atomic E-state index is 9.04. The van der Waals surface area contributed by atoms with Crippen LogP contribution in [0.4, 0.5) is 17.3 Å². The summed E-state index contributed by atoms with van der Waals surface area (Å²) < 4.78 is 0.